The number of carboxylic acid groups (broad SMARTS) is 1. The molecular formula is C21H28N2O6. The van der Waals surface area contributed by atoms with Gasteiger partial charge in [-0.3, -0.25) is 10.1 Å². The van der Waals surface area contributed by atoms with E-state index in [1.54, 1.807) is 12.1 Å². The molecule has 2 rings (SSSR count). The van der Waals surface area contributed by atoms with E-state index in [0.717, 1.165) is 5.56 Å². The van der Waals surface area contributed by atoms with Gasteiger partial charge in [-0.25, -0.2) is 0 Å². The van der Waals surface area contributed by atoms with Gasteiger partial charge in [-0.2, -0.15) is 0 Å². The number of nitrogens with two attached hydrogens (primary N) is 1. The van der Waals surface area contributed by atoms with Crippen LogP contribution in [0.3, 0.4) is 0 Å². The zero-order chi connectivity index (χ0) is 21.4. The van der Waals surface area contributed by atoms with E-state index in [1.165, 1.54) is 21.3 Å². The van der Waals surface area contributed by atoms with Crippen LogP contribution in [0, 0.1) is 0 Å². The van der Waals surface area contributed by atoms with Crippen LogP contribution in [0.15, 0.2) is 42.5 Å². The van der Waals surface area contributed by atoms with Gasteiger partial charge in [0.2, 0.25) is 0 Å². The van der Waals surface area contributed by atoms with Crippen molar-refractivity contribution in [3.63, 3.8) is 0 Å². The number of nitrogens with one attached hydrogen (secondary N) is 1. The van der Waals surface area contributed by atoms with E-state index in [-0.39, 0.29) is 6.54 Å². The molecule has 0 radical (unpaired) electrons. The number of hydrogen-bond donors (Lipinski definition) is 4. The van der Waals surface area contributed by atoms with E-state index < -0.39 is 24.2 Å². The van der Waals surface area contributed by atoms with E-state index in [4.69, 9.17) is 19.9 Å². The SMILES string of the molecule is COc1cc(OC)c(OC)cc1CN[C@@H](C(=O)O)[C@H](O)[C@@H](N)Cc1ccccc1. The number of ether oxygens (including phenoxy) is 3. The van der Waals surface area contributed by atoms with E-state index in [0.29, 0.717) is 29.2 Å². The first-order chi connectivity index (χ1) is 13.9. The summed E-state index contributed by atoms with van der Waals surface area (Å²) < 4.78 is 15.9. The fourth-order valence-electron chi connectivity index (χ4n) is 3.06. The lowest BCUT2D eigenvalue weighted by atomic mass is 9.97. The Hall–Kier alpha value is -2.81. The Morgan fingerprint density at radius 3 is 2.17 bits per heavy atom. The molecule has 0 unspecified atom stereocenters. The second-order valence-electron chi connectivity index (χ2n) is 6.56. The molecule has 3 atom stereocenters. The van der Waals surface area contributed by atoms with Crippen molar-refractivity contribution in [1.82, 2.24) is 5.32 Å². The van der Waals surface area contributed by atoms with Gasteiger partial charge in [0.25, 0.3) is 0 Å². The minimum absolute atomic E-state index is 0.121. The number of rotatable bonds is 11. The number of aliphatic hydroxyl groups is 1. The quantitative estimate of drug-likeness (QED) is 0.440. The Labute approximate surface area is 170 Å². The maximum atomic E-state index is 11.7. The number of methoxy groups -OCH3 is 3. The number of benzene rings is 2. The molecule has 8 nitrogen and oxygen atoms in total. The van der Waals surface area contributed by atoms with Gasteiger partial charge >= 0.3 is 5.97 Å². The summed E-state index contributed by atoms with van der Waals surface area (Å²) in [5.74, 6) is 0.286. The highest BCUT2D eigenvalue weighted by Crippen LogP contribution is 2.34. The van der Waals surface area contributed by atoms with Crippen LogP contribution < -0.4 is 25.3 Å². The summed E-state index contributed by atoms with van der Waals surface area (Å²) in [7, 11) is 4.53. The van der Waals surface area contributed by atoms with Gasteiger partial charge in [0.05, 0.1) is 27.4 Å². The predicted octanol–water partition coefficient (Wildman–Crippen LogP) is 1.19. The second kappa shape index (κ2) is 10.7. The van der Waals surface area contributed by atoms with Crippen LogP contribution in [-0.2, 0) is 17.8 Å². The Balaban J connectivity index is 2.13. The van der Waals surface area contributed by atoms with Crippen LogP contribution in [0.25, 0.3) is 0 Å². The first-order valence-corrected chi connectivity index (χ1v) is 9.13. The molecule has 0 amide bonds. The molecule has 0 saturated carbocycles. The van der Waals surface area contributed by atoms with Crippen LogP contribution in [0.2, 0.25) is 0 Å². The molecule has 158 valence electrons. The monoisotopic (exact) mass is 404 g/mol. The van der Waals surface area contributed by atoms with Crippen molar-refractivity contribution >= 4 is 5.97 Å². The number of carbonyl (C=O) groups is 1. The molecule has 0 aromatic heterocycles. The van der Waals surface area contributed by atoms with Gasteiger partial charge in [-0.15, -0.1) is 0 Å². The van der Waals surface area contributed by atoms with Gasteiger partial charge in [0.15, 0.2) is 11.5 Å². The Morgan fingerprint density at radius 1 is 1.03 bits per heavy atom. The number of carboxylic acids is 1. The van der Waals surface area contributed by atoms with E-state index in [9.17, 15) is 15.0 Å². The van der Waals surface area contributed by atoms with Gasteiger partial charge in [-0.05, 0) is 18.1 Å². The lowest BCUT2D eigenvalue weighted by Crippen LogP contribution is -2.54. The molecule has 2 aromatic carbocycles. The van der Waals surface area contributed by atoms with Gasteiger partial charge < -0.3 is 30.2 Å². The summed E-state index contributed by atoms with van der Waals surface area (Å²) in [6.07, 6.45) is -0.938. The molecule has 2 aromatic rings. The fourth-order valence-corrected chi connectivity index (χ4v) is 3.06. The Morgan fingerprint density at radius 2 is 1.62 bits per heavy atom. The average Bonchev–Trinajstić information content (AvgIpc) is 2.73. The first kappa shape index (κ1) is 22.5. The zero-order valence-corrected chi connectivity index (χ0v) is 16.8. The highest BCUT2D eigenvalue weighted by Gasteiger charge is 2.31. The van der Waals surface area contributed by atoms with Crippen molar-refractivity contribution in [3.8, 4) is 17.2 Å². The molecule has 0 bridgehead atoms. The number of hydrogen-bond acceptors (Lipinski definition) is 7. The highest BCUT2D eigenvalue weighted by atomic mass is 16.5. The van der Waals surface area contributed by atoms with E-state index in [2.05, 4.69) is 5.32 Å². The van der Waals surface area contributed by atoms with E-state index in [1.807, 2.05) is 30.3 Å². The molecule has 0 heterocycles. The highest BCUT2D eigenvalue weighted by molar-refractivity contribution is 5.74. The maximum Gasteiger partial charge on any atom is 0.323 e. The topological polar surface area (TPSA) is 123 Å². The minimum atomic E-state index is -1.29. The third-order valence-corrected chi connectivity index (χ3v) is 4.66. The van der Waals surface area contributed by atoms with Crippen LogP contribution >= 0.6 is 0 Å². The standard InChI is InChI=1S/C21H28N2O6/c1-27-16-11-18(29-3)17(28-2)10-14(16)12-23-19(21(25)26)20(24)15(22)9-13-7-5-4-6-8-13/h4-8,10-11,15,19-20,23-24H,9,12,22H2,1-3H3,(H,25,26)/t15-,19+,20+/m0/s1. The van der Waals surface area contributed by atoms with Gasteiger partial charge in [-0.1, -0.05) is 30.3 Å². The molecule has 0 saturated heterocycles. The molecule has 0 spiro atoms. The number of aliphatic hydroxyl groups excluding tert-OH is 1. The van der Waals surface area contributed by atoms with Crippen molar-refractivity contribution in [2.45, 2.75) is 31.2 Å². The first-order valence-electron chi connectivity index (χ1n) is 9.13. The van der Waals surface area contributed by atoms with Crippen molar-refractivity contribution in [1.29, 1.82) is 0 Å². The van der Waals surface area contributed by atoms with E-state index >= 15 is 0 Å². The zero-order valence-electron chi connectivity index (χ0n) is 16.8. The van der Waals surface area contributed by atoms with Crippen LogP contribution in [0.5, 0.6) is 17.2 Å². The van der Waals surface area contributed by atoms with Crippen LogP contribution in [-0.4, -0.2) is 55.7 Å². The normalized spacial score (nSPS) is 14.0. The molecule has 5 N–H and O–H groups in total. The summed E-state index contributed by atoms with van der Waals surface area (Å²) in [5, 5.41) is 23.0. The van der Waals surface area contributed by atoms with Gasteiger partial charge in [0.1, 0.15) is 11.8 Å². The van der Waals surface area contributed by atoms with Crippen molar-refractivity contribution < 1.29 is 29.2 Å². The fraction of sp³-hybridized carbons (Fsp3) is 0.381. The van der Waals surface area contributed by atoms with Crippen molar-refractivity contribution in [2.75, 3.05) is 21.3 Å². The number of aliphatic carboxylic acids is 1. The predicted molar refractivity (Wildman–Crippen MR) is 108 cm³/mol. The smallest absolute Gasteiger partial charge is 0.323 e. The summed E-state index contributed by atoms with van der Waals surface area (Å²) in [4.78, 5) is 11.7. The molecular weight excluding hydrogens is 376 g/mol. The minimum Gasteiger partial charge on any atom is -0.496 e. The Bertz CT molecular complexity index is 799. The molecule has 0 aliphatic carbocycles. The lowest BCUT2D eigenvalue weighted by molar-refractivity contribution is -0.143. The Kier molecular flexibility index (Phi) is 8.26. The molecule has 8 heteroatoms. The van der Waals surface area contributed by atoms with Crippen molar-refractivity contribution in [2.24, 2.45) is 5.73 Å². The molecule has 0 fully saturated rings. The lowest BCUT2D eigenvalue weighted by Gasteiger charge is -2.26. The maximum absolute atomic E-state index is 11.7. The summed E-state index contributed by atoms with van der Waals surface area (Å²) in [6.45, 7) is 0.121. The second-order valence-corrected chi connectivity index (χ2v) is 6.56. The van der Waals surface area contributed by atoms with Crippen molar-refractivity contribution in [3.05, 3.63) is 53.6 Å². The third kappa shape index (κ3) is 5.83. The third-order valence-electron chi connectivity index (χ3n) is 4.66. The largest absolute Gasteiger partial charge is 0.496 e. The van der Waals surface area contributed by atoms with Crippen LogP contribution in [0.4, 0.5) is 0 Å². The van der Waals surface area contributed by atoms with Crippen LogP contribution in [0.1, 0.15) is 11.1 Å². The summed E-state index contributed by atoms with van der Waals surface area (Å²) in [6, 6.07) is 10.7. The molecule has 29 heavy (non-hydrogen) atoms. The average molecular weight is 404 g/mol. The van der Waals surface area contributed by atoms with Gasteiger partial charge in [0, 0.05) is 24.2 Å². The summed E-state index contributed by atoms with van der Waals surface area (Å²) >= 11 is 0. The summed E-state index contributed by atoms with van der Waals surface area (Å²) in [5.41, 5.74) is 7.66. The molecule has 0 aliphatic heterocycles. The molecule has 0 aliphatic rings.